The number of carbonyl (C=O) groups excluding carboxylic acids is 1. The Morgan fingerprint density at radius 1 is 1.04 bits per heavy atom. The molecule has 0 saturated carbocycles. The molecule has 0 bridgehead atoms. The second kappa shape index (κ2) is 8.50. The van der Waals surface area contributed by atoms with Crippen molar-refractivity contribution in [2.24, 2.45) is 5.92 Å². The fraction of sp³-hybridized carbons (Fsp3) is 0.381. The summed E-state index contributed by atoms with van der Waals surface area (Å²) in [5, 5.41) is 0.773. The van der Waals surface area contributed by atoms with E-state index in [0.29, 0.717) is 6.54 Å². The molecule has 1 amide bonds. The first-order valence-electron chi connectivity index (χ1n) is 8.87. The van der Waals surface area contributed by atoms with Crippen LogP contribution in [-0.2, 0) is 17.9 Å². The molecule has 0 spiro atoms. The third kappa shape index (κ3) is 5.07. The topological polar surface area (TPSA) is 23.6 Å². The molecule has 3 rings (SSSR count). The van der Waals surface area contributed by atoms with Gasteiger partial charge in [0.15, 0.2) is 0 Å². The highest BCUT2D eigenvalue weighted by Crippen LogP contribution is 2.22. The van der Waals surface area contributed by atoms with Crippen LogP contribution >= 0.6 is 11.6 Å². The predicted octanol–water partition coefficient (Wildman–Crippen LogP) is 4.21. The minimum Gasteiger partial charge on any atom is -0.341 e. The number of halogens is 1. The normalized spacial score (nSPS) is 15.9. The summed E-state index contributed by atoms with van der Waals surface area (Å²) in [5.41, 5.74) is 2.45. The standard InChI is InChI=1S/C21H25ClN2O/c1-23(15-17-5-3-2-4-6-17)21(25)19-11-13-24(14-12-19)16-18-7-9-20(22)10-8-18/h2-10,19H,11-16H2,1H3. The quantitative estimate of drug-likeness (QED) is 0.801. The number of likely N-dealkylation sites (tertiary alicyclic amines) is 1. The van der Waals surface area contributed by atoms with Crippen molar-refractivity contribution >= 4 is 17.5 Å². The van der Waals surface area contributed by atoms with Gasteiger partial charge < -0.3 is 4.90 Å². The van der Waals surface area contributed by atoms with Crippen molar-refractivity contribution in [3.63, 3.8) is 0 Å². The van der Waals surface area contributed by atoms with Crippen LogP contribution in [0.3, 0.4) is 0 Å². The van der Waals surface area contributed by atoms with Crippen LogP contribution in [-0.4, -0.2) is 35.8 Å². The zero-order valence-corrected chi connectivity index (χ0v) is 15.5. The summed E-state index contributed by atoms with van der Waals surface area (Å²) >= 11 is 5.94. The summed E-state index contributed by atoms with van der Waals surface area (Å²) in [6, 6.07) is 18.2. The highest BCUT2D eigenvalue weighted by atomic mass is 35.5. The van der Waals surface area contributed by atoms with Crippen LogP contribution in [0.25, 0.3) is 0 Å². The summed E-state index contributed by atoms with van der Waals surface area (Å²) in [7, 11) is 1.91. The van der Waals surface area contributed by atoms with E-state index < -0.39 is 0 Å². The largest absolute Gasteiger partial charge is 0.341 e. The fourth-order valence-electron chi connectivity index (χ4n) is 3.43. The molecule has 0 radical (unpaired) electrons. The van der Waals surface area contributed by atoms with Crippen LogP contribution in [0.4, 0.5) is 0 Å². The Kier molecular flexibility index (Phi) is 6.11. The molecule has 1 heterocycles. The fourth-order valence-corrected chi connectivity index (χ4v) is 3.56. The molecule has 2 aromatic carbocycles. The van der Waals surface area contributed by atoms with Crippen molar-refractivity contribution in [1.29, 1.82) is 0 Å². The van der Waals surface area contributed by atoms with E-state index in [-0.39, 0.29) is 11.8 Å². The number of hydrogen-bond donors (Lipinski definition) is 0. The molecule has 2 aromatic rings. The Balaban J connectivity index is 1.48. The molecule has 1 saturated heterocycles. The van der Waals surface area contributed by atoms with Crippen molar-refractivity contribution < 1.29 is 4.79 Å². The molecule has 3 nitrogen and oxygen atoms in total. The Morgan fingerprint density at radius 3 is 2.32 bits per heavy atom. The van der Waals surface area contributed by atoms with E-state index in [2.05, 4.69) is 29.2 Å². The minimum atomic E-state index is 0.148. The van der Waals surface area contributed by atoms with Crippen molar-refractivity contribution in [3.05, 3.63) is 70.7 Å². The first-order valence-corrected chi connectivity index (χ1v) is 9.25. The number of nitrogens with zero attached hydrogens (tertiary/aromatic N) is 2. The number of piperidine rings is 1. The molecule has 1 aliphatic rings. The van der Waals surface area contributed by atoms with Gasteiger partial charge in [0, 0.05) is 31.1 Å². The first kappa shape index (κ1) is 18.0. The molecule has 132 valence electrons. The van der Waals surface area contributed by atoms with E-state index in [1.165, 1.54) is 11.1 Å². The molecular weight excluding hydrogens is 332 g/mol. The molecule has 4 heteroatoms. The lowest BCUT2D eigenvalue weighted by atomic mass is 9.95. The van der Waals surface area contributed by atoms with Crippen LogP contribution in [0.5, 0.6) is 0 Å². The Labute approximate surface area is 155 Å². The lowest BCUT2D eigenvalue weighted by molar-refractivity contribution is -0.136. The first-order chi connectivity index (χ1) is 12.1. The van der Waals surface area contributed by atoms with Gasteiger partial charge in [0.1, 0.15) is 0 Å². The lowest BCUT2D eigenvalue weighted by Crippen LogP contribution is -2.40. The molecule has 0 unspecified atom stereocenters. The smallest absolute Gasteiger partial charge is 0.225 e. The van der Waals surface area contributed by atoms with Gasteiger partial charge in [0.05, 0.1) is 0 Å². The van der Waals surface area contributed by atoms with Gasteiger partial charge in [0.25, 0.3) is 0 Å². The van der Waals surface area contributed by atoms with Crippen LogP contribution in [0, 0.1) is 5.92 Å². The number of benzene rings is 2. The molecular formula is C21H25ClN2O. The molecule has 0 N–H and O–H groups in total. The van der Waals surface area contributed by atoms with Crippen LogP contribution in [0.1, 0.15) is 24.0 Å². The highest BCUT2D eigenvalue weighted by Gasteiger charge is 2.27. The summed E-state index contributed by atoms with van der Waals surface area (Å²) in [5.74, 6) is 0.421. The van der Waals surface area contributed by atoms with Gasteiger partial charge in [-0.1, -0.05) is 54.1 Å². The number of amides is 1. The average molecular weight is 357 g/mol. The maximum absolute atomic E-state index is 12.7. The Morgan fingerprint density at radius 2 is 1.68 bits per heavy atom. The van der Waals surface area contributed by atoms with Gasteiger partial charge in [-0.25, -0.2) is 0 Å². The van der Waals surface area contributed by atoms with Gasteiger partial charge in [-0.05, 0) is 49.2 Å². The van der Waals surface area contributed by atoms with Crippen LogP contribution < -0.4 is 0 Å². The molecule has 0 aromatic heterocycles. The zero-order valence-electron chi connectivity index (χ0n) is 14.7. The van der Waals surface area contributed by atoms with Crippen LogP contribution in [0.2, 0.25) is 5.02 Å². The molecule has 0 atom stereocenters. The van der Waals surface area contributed by atoms with Gasteiger partial charge in [-0.3, -0.25) is 9.69 Å². The summed E-state index contributed by atoms with van der Waals surface area (Å²) in [4.78, 5) is 17.0. The monoisotopic (exact) mass is 356 g/mol. The van der Waals surface area contributed by atoms with E-state index >= 15 is 0 Å². The van der Waals surface area contributed by atoms with Crippen molar-refractivity contribution in [1.82, 2.24) is 9.80 Å². The van der Waals surface area contributed by atoms with Crippen molar-refractivity contribution in [2.45, 2.75) is 25.9 Å². The molecule has 0 aliphatic carbocycles. The summed E-state index contributed by atoms with van der Waals surface area (Å²) in [6.45, 7) is 3.55. The minimum absolute atomic E-state index is 0.148. The SMILES string of the molecule is CN(Cc1ccccc1)C(=O)C1CCN(Cc2ccc(Cl)cc2)CC1. The second-order valence-electron chi connectivity index (χ2n) is 6.86. The van der Waals surface area contributed by atoms with E-state index in [0.717, 1.165) is 37.5 Å². The van der Waals surface area contributed by atoms with E-state index in [1.807, 2.05) is 42.3 Å². The lowest BCUT2D eigenvalue weighted by Gasteiger charge is -2.33. The second-order valence-corrected chi connectivity index (χ2v) is 7.29. The third-order valence-corrected chi connectivity index (χ3v) is 5.15. The number of hydrogen-bond acceptors (Lipinski definition) is 2. The van der Waals surface area contributed by atoms with Gasteiger partial charge in [0.2, 0.25) is 5.91 Å². The molecule has 25 heavy (non-hydrogen) atoms. The van der Waals surface area contributed by atoms with Crippen molar-refractivity contribution in [2.75, 3.05) is 20.1 Å². The summed E-state index contributed by atoms with van der Waals surface area (Å²) < 4.78 is 0. The van der Waals surface area contributed by atoms with Gasteiger partial charge in [-0.2, -0.15) is 0 Å². The van der Waals surface area contributed by atoms with Gasteiger partial charge >= 0.3 is 0 Å². The molecule has 1 aliphatic heterocycles. The summed E-state index contributed by atoms with van der Waals surface area (Å²) in [6.07, 6.45) is 1.87. The average Bonchev–Trinajstić information content (AvgIpc) is 2.64. The zero-order chi connectivity index (χ0) is 17.6. The number of carbonyl (C=O) groups is 1. The van der Waals surface area contributed by atoms with E-state index in [4.69, 9.17) is 11.6 Å². The predicted molar refractivity (Wildman–Crippen MR) is 102 cm³/mol. The van der Waals surface area contributed by atoms with Gasteiger partial charge in [-0.15, -0.1) is 0 Å². The Hall–Kier alpha value is -1.84. The molecule has 1 fully saturated rings. The highest BCUT2D eigenvalue weighted by molar-refractivity contribution is 6.30. The maximum atomic E-state index is 12.7. The third-order valence-electron chi connectivity index (χ3n) is 4.90. The van der Waals surface area contributed by atoms with E-state index in [1.54, 1.807) is 0 Å². The van der Waals surface area contributed by atoms with E-state index in [9.17, 15) is 4.79 Å². The van der Waals surface area contributed by atoms with Crippen molar-refractivity contribution in [3.8, 4) is 0 Å². The maximum Gasteiger partial charge on any atom is 0.225 e. The Bertz CT molecular complexity index is 679. The number of rotatable bonds is 5. The van der Waals surface area contributed by atoms with Crippen LogP contribution in [0.15, 0.2) is 54.6 Å².